The van der Waals surface area contributed by atoms with Gasteiger partial charge in [0.25, 0.3) is 11.8 Å². The molecule has 4 aliphatic rings. The van der Waals surface area contributed by atoms with E-state index in [9.17, 15) is 28.0 Å². The first-order valence-electron chi connectivity index (χ1n) is 22.0. The molecule has 2 saturated heterocycles. The van der Waals surface area contributed by atoms with Gasteiger partial charge >= 0.3 is 0 Å². The highest BCUT2D eigenvalue weighted by Gasteiger charge is 2.36. The Hall–Kier alpha value is -7.56. The van der Waals surface area contributed by atoms with Crippen molar-refractivity contribution in [1.29, 1.82) is 0 Å². The van der Waals surface area contributed by atoms with Crippen LogP contribution in [0.1, 0.15) is 87.4 Å². The maximum atomic E-state index is 14.7. The van der Waals surface area contributed by atoms with E-state index in [0.29, 0.717) is 53.9 Å². The third kappa shape index (κ3) is 10.0. The van der Waals surface area contributed by atoms with Crippen molar-refractivity contribution in [3.8, 4) is 23.3 Å². The van der Waals surface area contributed by atoms with Gasteiger partial charge in [-0.15, -0.1) is 5.54 Å². The minimum Gasteiger partial charge on any atom is -0.383 e. The average molecular weight is 1020 g/mol. The first-order chi connectivity index (χ1) is 32.8. The molecule has 6 aromatic rings. The number of hydrogen-bond acceptors (Lipinski definition) is 10. The number of nitrogens with zero attached hydrogens (tertiary/aromatic N) is 10. The minimum absolute atomic E-state index is 0.0227. The molecule has 18 nitrogen and oxygen atoms in total. The van der Waals surface area contributed by atoms with Crippen LogP contribution in [0.25, 0.3) is 22.1 Å². The predicted octanol–water partition coefficient (Wildman–Crippen LogP) is 4.99. The molecule has 0 bridgehead atoms. The maximum absolute atomic E-state index is 14.7. The van der Waals surface area contributed by atoms with E-state index in [4.69, 9.17) is 22.9 Å². The van der Waals surface area contributed by atoms with Crippen LogP contribution >= 0.6 is 15.9 Å². The van der Waals surface area contributed by atoms with Crippen molar-refractivity contribution in [2.24, 2.45) is 11.5 Å². The van der Waals surface area contributed by atoms with E-state index in [0.717, 1.165) is 29.4 Å². The number of nitrogens with two attached hydrogens (primary N) is 4. The largest absolute Gasteiger partial charge is 0.383 e. The monoisotopic (exact) mass is 1020 g/mol. The summed E-state index contributed by atoms with van der Waals surface area (Å²) in [6.07, 6.45) is 10.5. The summed E-state index contributed by atoms with van der Waals surface area (Å²) in [6, 6.07) is 6.99. The van der Waals surface area contributed by atoms with Crippen LogP contribution in [0.4, 0.5) is 20.4 Å². The van der Waals surface area contributed by atoms with Gasteiger partial charge in [0.15, 0.2) is 5.69 Å². The summed E-state index contributed by atoms with van der Waals surface area (Å²) >= 11 is 3.14. The van der Waals surface area contributed by atoms with Gasteiger partial charge in [-0.3, -0.25) is 19.2 Å². The van der Waals surface area contributed by atoms with Crippen LogP contribution in [0.2, 0.25) is 19.6 Å². The SMILES string of the molecule is C=CC(=O)N1CC(n2nc(Br)c(C(N)=O)c2N)C1.C=CC(=O)N1CC(n2nc(C#Cc3cc4ncn(C5CC5)c4cc3F)c(C(N)=O)c2N)C1.C[Si](C)(C)C#Cc1cc2ncn(C3CC3)c2cc1F. The second-order valence-corrected chi connectivity index (χ2v) is 23.6. The van der Waals surface area contributed by atoms with Crippen LogP contribution in [0.3, 0.4) is 0 Å². The van der Waals surface area contributed by atoms with Crippen LogP contribution < -0.4 is 22.9 Å². The van der Waals surface area contributed by atoms with Gasteiger partial charge in [0.05, 0.1) is 57.9 Å². The molecule has 22 heteroatoms. The number of nitrogen functional groups attached to an aromatic ring is 2. The Morgan fingerprint density at radius 2 is 1.12 bits per heavy atom. The highest BCUT2D eigenvalue weighted by molar-refractivity contribution is 9.10. The molecule has 4 aromatic heterocycles. The summed E-state index contributed by atoms with van der Waals surface area (Å²) in [5, 5.41) is 8.44. The van der Waals surface area contributed by atoms with Crippen molar-refractivity contribution in [2.45, 2.75) is 69.5 Å². The molecule has 356 valence electrons. The molecule has 6 heterocycles. The number of rotatable bonds is 8. The lowest BCUT2D eigenvalue weighted by atomic mass is 10.1. The summed E-state index contributed by atoms with van der Waals surface area (Å²) in [5.74, 6) is 6.26. The van der Waals surface area contributed by atoms with Crippen molar-refractivity contribution in [3.05, 3.63) is 106 Å². The highest BCUT2D eigenvalue weighted by Crippen LogP contribution is 2.38. The normalized spacial score (nSPS) is 15.6. The Balaban J connectivity index is 0.000000149. The number of carbonyl (C=O) groups is 4. The Labute approximate surface area is 404 Å². The predicted molar refractivity (Wildman–Crippen MR) is 262 cm³/mol. The lowest BCUT2D eigenvalue weighted by Gasteiger charge is -2.38. The van der Waals surface area contributed by atoms with E-state index in [1.807, 2.05) is 10.9 Å². The summed E-state index contributed by atoms with van der Waals surface area (Å²) < 4.78 is 36.1. The molecule has 10 rings (SSSR count). The number of halogens is 3. The van der Waals surface area contributed by atoms with Gasteiger partial charge in [0.2, 0.25) is 11.8 Å². The maximum Gasteiger partial charge on any atom is 0.255 e. The zero-order chi connectivity index (χ0) is 49.6. The van der Waals surface area contributed by atoms with E-state index >= 15 is 0 Å². The average Bonchev–Trinajstić information content (AvgIpc) is 4.16. The third-order valence-corrected chi connectivity index (χ3v) is 13.3. The third-order valence-electron chi connectivity index (χ3n) is 11.8. The number of anilines is 2. The molecule has 8 N–H and O–H groups in total. The number of hydrogen-bond donors (Lipinski definition) is 4. The van der Waals surface area contributed by atoms with Gasteiger partial charge in [-0.25, -0.2) is 28.1 Å². The van der Waals surface area contributed by atoms with Gasteiger partial charge in [0, 0.05) is 50.4 Å². The van der Waals surface area contributed by atoms with Crippen LogP contribution in [-0.4, -0.2) is 106 Å². The number of amides is 4. The first-order valence-corrected chi connectivity index (χ1v) is 26.3. The fraction of sp³-hybridized carbons (Fsp3) is 0.319. The Morgan fingerprint density at radius 3 is 1.52 bits per heavy atom. The van der Waals surface area contributed by atoms with Crippen LogP contribution in [0.5, 0.6) is 0 Å². The van der Waals surface area contributed by atoms with E-state index in [1.165, 1.54) is 40.4 Å². The number of likely N-dealkylation sites (tertiary alicyclic amines) is 2. The molecule has 69 heavy (non-hydrogen) atoms. The fourth-order valence-electron chi connectivity index (χ4n) is 7.78. The van der Waals surface area contributed by atoms with Crippen molar-refractivity contribution >= 4 is 81.3 Å². The van der Waals surface area contributed by atoms with E-state index in [1.54, 1.807) is 34.3 Å². The van der Waals surface area contributed by atoms with Gasteiger partial charge in [0.1, 0.15) is 47.1 Å². The molecular formula is C47H49BrF2N14O4Si. The summed E-state index contributed by atoms with van der Waals surface area (Å²) in [5.41, 5.74) is 29.7. The molecule has 2 aliphatic carbocycles. The molecule has 0 unspecified atom stereocenters. The second-order valence-electron chi connectivity index (χ2n) is 18.1. The van der Waals surface area contributed by atoms with Gasteiger partial charge in [-0.05, 0) is 71.8 Å². The molecular weight excluding hydrogens is 971 g/mol. The van der Waals surface area contributed by atoms with Crippen LogP contribution in [0, 0.1) is 34.9 Å². The summed E-state index contributed by atoms with van der Waals surface area (Å²) in [4.78, 5) is 58.0. The molecule has 2 aliphatic heterocycles. The zero-order valence-electron chi connectivity index (χ0n) is 38.0. The molecule has 0 radical (unpaired) electrons. The lowest BCUT2D eigenvalue weighted by molar-refractivity contribution is -0.132. The topological polar surface area (TPSA) is 250 Å². The van der Waals surface area contributed by atoms with Gasteiger partial charge < -0.3 is 41.9 Å². The van der Waals surface area contributed by atoms with E-state index < -0.39 is 25.7 Å². The van der Waals surface area contributed by atoms with Crippen molar-refractivity contribution in [1.82, 2.24) is 48.5 Å². The Kier molecular flexibility index (Phi) is 13.1. The molecule has 2 aromatic carbocycles. The number of primary amides is 2. The van der Waals surface area contributed by atoms with E-state index in [2.05, 4.69) is 96.8 Å². The number of imidazole rings is 2. The molecule has 2 saturated carbocycles. The number of fused-ring (bicyclic) bond motifs is 2. The first kappa shape index (κ1) is 47.9. The second kappa shape index (κ2) is 18.8. The van der Waals surface area contributed by atoms with Crippen molar-refractivity contribution < 1.29 is 28.0 Å². The molecule has 0 atom stereocenters. The fourth-order valence-corrected chi connectivity index (χ4v) is 8.85. The lowest BCUT2D eigenvalue weighted by Crippen LogP contribution is -2.50. The van der Waals surface area contributed by atoms with Gasteiger partial charge in [-0.1, -0.05) is 44.6 Å². The summed E-state index contributed by atoms with van der Waals surface area (Å²) in [6.45, 7) is 15.0. The minimum atomic E-state index is -1.49. The smallest absolute Gasteiger partial charge is 0.255 e. The number of benzene rings is 2. The Morgan fingerprint density at radius 1 is 0.681 bits per heavy atom. The quantitative estimate of drug-likeness (QED) is 0.0903. The van der Waals surface area contributed by atoms with E-state index in [-0.39, 0.29) is 63.7 Å². The standard InChI is InChI=1S/C22H20FN7O2.C15H17FN2Si.C10H12BrN5O2/c1-2-19(31)28-9-14(10-28)30-21(24)20(22(25)32)16(27-30)6-3-12-7-17-18(8-15(12)23)29(11-26-17)13-4-5-13;1-19(2,3)7-6-11-8-14-15(9-13(11)16)18(10-17-14)12-4-5-12;1-2-6(17)15-3-5(4-15)16-9(12)7(10(13)18)8(11)14-16/h2,7-8,11,13-14H,1,4-5,9-10,24H2,(H2,25,32);8-10,12H,4-5H2,1-3H3;2,5H,1,3-4,12H2,(H2,13,18). The van der Waals surface area contributed by atoms with Crippen molar-refractivity contribution in [3.63, 3.8) is 0 Å². The highest BCUT2D eigenvalue weighted by atomic mass is 79.9. The molecule has 4 fully saturated rings. The number of carbonyl (C=O) groups excluding carboxylic acids is 4. The summed E-state index contributed by atoms with van der Waals surface area (Å²) in [7, 11) is -1.49. The number of aromatic nitrogens is 8. The van der Waals surface area contributed by atoms with Crippen LogP contribution in [-0.2, 0) is 9.59 Å². The van der Waals surface area contributed by atoms with Crippen molar-refractivity contribution in [2.75, 3.05) is 37.6 Å². The van der Waals surface area contributed by atoms with Gasteiger partial charge in [-0.2, -0.15) is 10.2 Å². The molecule has 0 spiro atoms. The Bertz CT molecular complexity index is 3230. The molecule has 4 amide bonds. The zero-order valence-corrected chi connectivity index (χ0v) is 40.6. The van der Waals surface area contributed by atoms with Crippen LogP contribution in [0.15, 0.2) is 66.8 Å².